The van der Waals surface area contributed by atoms with Crippen LogP contribution in [0.3, 0.4) is 0 Å². The largest absolute Gasteiger partial charge is 0.233 e. The minimum absolute atomic E-state index is 0.669. The first kappa shape index (κ1) is 20.5. The Morgan fingerprint density at radius 3 is 2.03 bits per heavy atom. The summed E-state index contributed by atoms with van der Waals surface area (Å²) in [5, 5.41) is 2.38. The van der Waals surface area contributed by atoms with Crippen LogP contribution < -0.4 is 0 Å². The molecule has 4 aromatic rings. The standard InChI is InChI=1S/C29H26N2/c1-4-23-14-16-26(17-15-23)29(30-21(2)24-10-6-5-7-11-24)31-22(3)27-19-18-25-12-8-9-13-28(25)20-27/h5-20H,3-4H2,1-2H3. The molecule has 0 saturated carbocycles. The summed E-state index contributed by atoms with van der Waals surface area (Å²) in [4.78, 5) is 9.79. The molecule has 0 aliphatic heterocycles. The maximum absolute atomic E-state index is 4.91. The van der Waals surface area contributed by atoms with Crippen LogP contribution in [0.1, 0.15) is 36.1 Å². The SMILES string of the molecule is C=C(N=C(N=C(C)c1ccccc1)c1ccc(CC)cc1)c1ccc2ccccc2c1. The molecule has 0 bridgehead atoms. The molecule has 0 radical (unpaired) electrons. The molecule has 152 valence electrons. The number of nitrogens with zero attached hydrogens (tertiary/aromatic N) is 2. The molecule has 0 N–H and O–H groups in total. The van der Waals surface area contributed by atoms with Crippen molar-refractivity contribution < 1.29 is 0 Å². The summed E-state index contributed by atoms with van der Waals surface area (Å²) in [5.41, 5.74) is 5.97. The Morgan fingerprint density at radius 2 is 1.32 bits per heavy atom. The van der Waals surface area contributed by atoms with Crippen LogP contribution in [0.25, 0.3) is 16.5 Å². The maximum atomic E-state index is 4.91. The Balaban J connectivity index is 1.76. The van der Waals surface area contributed by atoms with Crippen LogP contribution in [0.5, 0.6) is 0 Å². The highest BCUT2D eigenvalue weighted by Gasteiger charge is 2.08. The highest BCUT2D eigenvalue weighted by atomic mass is 14.9. The normalized spacial score (nSPS) is 12.2. The highest BCUT2D eigenvalue weighted by Crippen LogP contribution is 2.22. The van der Waals surface area contributed by atoms with Gasteiger partial charge in [0.05, 0.1) is 5.70 Å². The van der Waals surface area contributed by atoms with E-state index >= 15 is 0 Å². The second-order valence-corrected chi connectivity index (χ2v) is 7.56. The molecule has 0 unspecified atom stereocenters. The van der Waals surface area contributed by atoms with Crippen molar-refractivity contribution in [2.24, 2.45) is 9.98 Å². The van der Waals surface area contributed by atoms with Gasteiger partial charge in [-0.1, -0.05) is 104 Å². The van der Waals surface area contributed by atoms with Gasteiger partial charge in [0.2, 0.25) is 0 Å². The molecule has 0 atom stereocenters. The van der Waals surface area contributed by atoms with Gasteiger partial charge in [-0.2, -0.15) is 0 Å². The lowest BCUT2D eigenvalue weighted by Crippen LogP contribution is -2.04. The zero-order valence-electron chi connectivity index (χ0n) is 18.0. The van der Waals surface area contributed by atoms with Crippen LogP contribution in [0.2, 0.25) is 0 Å². The minimum Gasteiger partial charge on any atom is -0.233 e. The molecule has 31 heavy (non-hydrogen) atoms. The predicted molar refractivity (Wildman–Crippen MR) is 134 cm³/mol. The lowest BCUT2D eigenvalue weighted by atomic mass is 10.1. The number of aryl methyl sites for hydroxylation is 1. The molecule has 0 heterocycles. The fourth-order valence-corrected chi connectivity index (χ4v) is 3.51. The van der Waals surface area contributed by atoms with Gasteiger partial charge < -0.3 is 0 Å². The molecule has 0 spiro atoms. The van der Waals surface area contributed by atoms with Crippen molar-refractivity contribution in [1.82, 2.24) is 0 Å². The van der Waals surface area contributed by atoms with Gasteiger partial charge in [0.1, 0.15) is 0 Å². The van der Waals surface area contributed by atoms with Gasteiger partial charge in [-0.15, -0.1) is 0 Å². The fourth-order valence-electron chi connectivity index (χ4n) is 3.51. The van der Waals surface area contributed by atoms with E-state index in [-0.39, 0.29) is 0 Å². The third-order valence-electron chi connectivity index (χ3n) is 5.41. The zero-order chi connectivity index (χ0) is 21.6. The predicted octanol–water partition coefficient (Wildman–Crippen LogP) is 7.33. The maximum Gasteiger partial charge on any atom is 0.160 e. The molecule has 4 aromatic carbocycles. The van der Waals surface area contributed by atoms with Gasteiger partial charge in [0.25, 0.3) is 0 Å². The van der Waals surface area contributed by atoms with Crippen molar-refractivity contribution in [1.29, 1.82) is 0 Å². The molecule has 0 aromatic heterocycles. The monoisotopic (exact) mass is 402 g/mol. The van der Waals surface area contributed by atoms with Crippen LogP contribution in [-0.4, -0.2) is 11.5 Å². The van der Waals surface area contributed by atoms with E-state index in [4.69, 9.17) is 9.98 Å². The Morgan fingerprint density at radius 1 is 0.677 bits per heavy atom. The van der Waals surface area contributed by atoms with Crippen LogP contribution in [0.15, 0.2) is 114 Å². The molecule has 2 heteroatoms. The smallest absolute Gasteiger partial charge is 0.160 e. The number of rotatable bonds is 5. The molecule has 2 nitrogen and oxygen atoms in total. The number of benzene rings is 4. The minimum atomic E-state index is 0.669. The average molecular weight is 403 g/mol. The van der Waals surface area contributed by atoms with Gasteiger partial charge in [0, 0.05) is 16.8 Å². The summed E-state index contributed by atoms with van der Waals surface area (Å²) in [6.07, 6.45) is 1.00. The quantitative estimate of drug-likeness (QED) is 0.247. The topological polar surface area (TPSA) is 24.7 Å². The summed E-state index contributed by atoms with van der Waals surface area (Å²) in [5.74, 6) is 0.669. The van der Waals surface area contributed by atoms with Gasteiger partial charge in [-0.3, -0.25) is 0 Å². The van der Waals surface area contributed by atoms with E-state index in [1.807, 2.05) is 37.3 Å². The third-order valence-corrected chi connectivity index (χ3v) is 5.41. The average Bonchev–Trinajstić information content (AvgIpc) is 2.83. The van der Waals surface area contributed by atoms with Crippen molar-refractivity contribution in [3.8, 4) is 0 Å². The number of fused-ring (bicyclic) bond motifs is 1. The van der Waals surface area contributed by atoms with E-state index in [9.17, 15) is 0 Å². The second-order valence-electron chi connectivity index (χ2n) is 7.56. The van der Waals surface area contributed by atoms with E-state index in [2.05, 4.69) is 80.2 Å². The summed E-state index contributed by atoms with van der Waals surface area (Å²) in [6.45, 7) is 8.43. The molecule has 0 fully saturated rings. The first-order chi connectivity index (χ1) is 15.1. The Hall–Kier alpha value is -3.78. The van der Waals surface area contributed by atoms with E-state index in [0.29, 0.717) is 11.5 Å². The summed E-state index contributed by atoms with van der Waals surface area (Å²) < 4.78 is 0. The zero-order valence-corrected chi connectivity index (χ0v) is 18.0. The van der Waals surface area contributed by atoms with Crippen LogP contribution in [-0.2, 0) is 6.42 Å². The first-order valence-electron chi connectivity index (χ1n) is 10.6. The number of aliphatic imine (C=N–C) groups is 2. The van der Waals surface area contributed by atoms with Gasteiger partial charge >= 0.3 is 0 Å². The van der Waals surface area contributed by atoms with E-state index < -0.39 is 0 Å². The van der Waals surface area contributed by atoms with E-state index in [1.54, 1.807) is 0 Å². The van der Waals surface area contributed by atoms with Crippen LogP contribution in [0, 0.1) is 0 Å². The van der Waals surface area contributed by atoms with E-state index in [0.717, 1.165) is 28.8 Å². The second kappa shape index (κ2) is 9.36. The third kappa shape index (κ3) is 4.87. The van der Waals surface area contributed by atoms with Crippen molar-refractivity contribution in [2.45, 2.75) is 20.3 Å². The van der Waals surface area contributed by atoms with Crippen molar-refractivity contribution in [3.05, 3.63) is 126 Å². The Kier molecular flexibility index (Phi) is 6.18. The van der Waals surface area contributed by atoms with Crippen molar-refractivity contribution in [3.63, 3.8) is 0 Å². The number of hydrogen-bond donors (Lipinski definition) is 0. The lowest BCUT2D eigenvalue weighted by Gasteiger charge is -2.08. The molecule has 0 aliphatic rings. The fraction of sp³-hybridized carbons (Fsp3) is 0.103. The Labute approximate surface area is 184 Å². The van der Waals surface area contributed by atoms with E-state index in [1.165, 1.54) is 16.3 Å². The molecule has 4 rings (SSSR count). The highest BCUT2D eigenvalue weighted by molar-refractivity contribution is 6.12. The van der Waals surface area contributed by atoms with Crippen molar-refractivity contribution in [2.75, 3.05) is 0 Å². The number of amidine groups is 1. The van der Waals surface area contributed by atoms with Gasteiger partial charge in [0.15, 0.2) is 5.84 Å². The molecule has 0 amide bonds. The number of hydrogen-bond acceptors (Lipinski definition) is 1. The van der Waals surface area contributed by atoms with Crippen LogP contribution >= 0.6 is 0 Å². The lowest BCUT2D eigenvalue weighted by molar-refractivity contribution is 1.14. The molecular formula is C29H26N2. The van der Waals surface area contributed by atoms with Gasteiger partial charge in [-0.25, -0.2) is 9.98 Å². The molecule has 0 aliphatic carbocycles. The molecule has 0 saturated heterocycles. The van der Waals surface area contributed by atoms with Gasteiger partial charge in [-0.05, 0) is 41.3 Å². The summed E-state index contributed by atoms with van der Waals surface area (Å²) in [6, 6.07) is 33.3. The molecular weight excluding hydrogens is 376 g/mol. The first-order valence-corrected chi connectivity index (χ1v) is 10.6. The summed E-state index contributed by atoms with van der Waals surface area (Å²) in [7, 11) is 0. The summed E-state index contributed by atoms with van der Waals surface area (Å²) >= 11 is 0. The van der Waals surface area contributed by atoms with Crippen LogP contribution in [0.4, 0.5) is 0 Å². The van der Waals surface area contributed by atoms with Crippen molar-refractivity contribution >= 4 is 28.0 Å². The Bertz CT molecular complexity index is 1260.